The van der Waals surface area contributed by atoms with Crippen LogP contribution in [0.5, 0.6) is 0 Å². The minimum absolute atomic E-state index is 0.0279. The van der Waals surface area contributed by atoms with Crippen LogP contribution in [0.1, 0.15) is 34.3 Å². The van der Waals surface area contributed by atoms with Gasteiger partial charge in [0.05, 0.1) is 16.8 Å². The largest absolute Gasteiger partial charge is 0.478 e. The molecule has 1 fully saturated rings. The van der Waals surface area contributed by atoms with Gasteiger partial charge in [-0.1, -0.05) is 5.16 Å². The first-order valence-electron chi connectivity index (χ1n) is 5.90. The summed E-state index contributed by atoms with van der Waals surface area (Å²) in [5, 5.41) is 12.7. The van der Waals surface area contributed by atoms with Gasteiger partial charge in [-0.2, -0.15) is 13.2 Å². The number of aromatic carboxylic acids is 1. The molecule has 1 N–H and O–H groups in total. The van der Waals surface area contributed by atoms with Gasteiger partial charge in [0.25, 0.3) is 0 Å². The van der Waals surface area contributed by atoms with Crippen molar-refractivity contribution in [2.45, 2.75) is 19.0 Å². The Morgan fingerprint density at radius 3 is 2.35 bits per heavy atom. The molecule has 1 aliphatic rings. The Labute approximate surface area is 112 Å². The highest BCUT2D eigenvalue weighted by Crippen LogP contribution is 2.36. The Balaban J connectivity index is 2.54. The van der Waals surface area contributed by atoms with Crippen LogP contribution in [-0.4, -0.2) is 23.9 Å². The fraction of sp³-hybridized carbons (Fsp3) is 0.385. The first kappa shape index (κ1) is 14.4. The molecule has 4 nitrogen and oxygen atoms in total. The van der Waals surface area contributed by atoms with Crippen molar-refractivity contribution < 1.29 is 27.9 Å². The third-order valence-electron chi connectivity index (χ3n) is 2.96. The van der Waals surface area contributed by atoms with Crippen LogP contribution in [0.25, 0.3) is 0 Å². The predicted octanol–water partition coefficient (Wildman–Crippen LogP) is 3.16. The summed E-state index contributed by atoms with van der Waals surface area (Å²) in [5.41, 5.74) is -0.918. The van der Waals surface area contributed by atoms with Crippen molar-refractivity contribution >= 4 is 11.7 Å². The van der Waals surface area contributed by atoms with Gasteiger partial charge in [-0.25, -0.2) is 4.79 Å². The van der Waals surface area contributed by atoms with E-state index >= 15 is 0 Å². The van der Waals surface area contributed by atoms with Crippen molar-refractivity contribution in [3.8, 4) is 0 Å². The van der Waals surface area contributed by atoms with Crippen molar-refractivity contribution in [1.82, 2.24) is 0 Å². The molecule has 0 saturated heterocycles. The fourth-order valence-electron chi connectivity index (χ4n) is 1.88. The molecule has 0 spiro atoms. The lowest BCUT2D eigenvalue weighted by Crippen LogP contribution is -2.12. The highest BCUT2D eigenvalue weighted by molar-refractivity contribution is 6.05. The number of carbonyl (C=O) groups is 1. The Morgan fingerprint density at radius 2 is 1.90 bits per heavy atom. The van der Waals surface area contributed by atoms with Crippen LogP contribution in [0, 0.1) is 5.92 Å². The second-order valence-electron chi connectivity index (χ2n) is 4.54. The number of benzene rings is 1. The number of carboxylic acid groups (broad SMARTS) is 1. The molecule has 1 aromatic carbocycles. The molecule has 1 aliphatic carbocycles. The first-order valence-corrected chi connectivity index (χ1v) is 5.90. The molecule has 0 amide bonds. The second kappa shape index (κ2) is 5.15. The van der Waals surface area contributed by atoms with Gasteiger partial charge in [-0.15, -0.1) is 0 Å². The van der Waals surface area contributed by atoms with Gasteiger partial charge in [0.1, 0.15) is 7.11 Å². The molecule has 1 saturated carbocycles. The molecule has 20 heavy (non-hydrogen) atoms. The van der Waals surface area contributed by atoms with Crippen molar-refractivity contribution in [1.29, 1.82) is 0 Å². The molecule has 0 radical (unpaired) electrons. The molecular weight excluding hydrogens is 275 g/mol. The average Bonchev–Trinajstić information content (AvgIpc) is 3.18. The lowest BCUT2D eigenvalue weighted by atomic mass is 9.99. The Bertz CT molecular complexity index is 562. The smallest absolute Gasteiger partial charge is 0.416 e. The Morgan fingerprint density at radius 1 is 1.30 bits per heavy atom. The lowest BCUT2D eigenvalue weighted by molar-refractivity contribution is -0.137. The number of rotatable bonds is 4. The molecule has 1 aromatic rings. The molecule has 2 rings (SSSR count). The van der Waals surface area contributed by atoms with Crippen LogP contribution >= 0.6 is 0 Å². The van der Waals surface area contributed by atoms with Gasteiger partial charge in [-0.3, -0.25) is 0 Å². The third kappa shape index (κ3) is 3.09. The zero-order valence-electron chi connectivity index (χ0n) is 10.6. The monoisotopic (exact) mass is 287 g/mol. The average molecular weight is 287 g/mol. The summed E-state index contributed by atoms with van der Waals surface area (Å²) in [5.74, 6) is -1.38. The lowest BCUT2D eigenvalue weighted by Gasteiger charge is -2.11. The van der Waals surface area contributed by atoms with Crippen LogP contribution in [0.2, 0.25) is 0 Å². The normalized spacial score (nSPS) is 16.1. The molecule has 0 bridgehead atoms. The Hall–Kier alpha value is -2.05. The van der Waals surface area contributed by atoms with E-state index in [9.17, 15) is 18.0 Å². The molecule has 0 aromatic heterocycles. The third-order valence-corrected chi connectivity index (χ3v) is 2.96. The van der Waals surface area contributed by atoms with E-state index in [2.05, 4.69) is 9.99 Å². The summed E-state index contributed by atoms with van der Waals surface area (Å²) in [7, 11) is 1.30. The van der Waals surface area contributed by atoms with E-state index in [1.54, 1.807) is 0 Å². The van der Waals surface area contributed by atoms with Crippen molar-refractivity contribution in [2.75, 3.05) is 7.11 Å². The maximum atomic E-state index is 12.8. The van der Waals surface area contributed by atoms with Crippen LogP contribution in [-0.2, 0) is 11.0 Å². The molecule has 108 valence electrons. The number of nitrogens with zero attached hydrogens (tertiary/aromatic N) is 1. The summed E-state index contributed by atoms with van der Waals surface area (Å²) in [6.45, 7) is 0. The predicted molar refractivity (Wildman–Crippen MR) is 64.7 cm³/mol. The minimum atomic E-state index is -4.61. The van der Waals surface area contributed by atoms with E-state index in [4.69, 9.17) is 5.11 Å². The zero-order chi connectivity index (χ0) is 14.9. The molecular formula is C13H12F3NO3. The number of hydrogen-bond donors (Lipinski definition) is 1. The van der Waals surface area contributed by atoms with Crippen LogP contribution in [0.3, 0.4) is 0 Å². The highest BCUT2D eigenvalue weighted by atomic mass is 19.4. The number of halogens is 3. The van der Waals surface area contributed by atoms with Crippen molar-refractivity contribution in [3.63, 3.8) is 0 Å². The van der Waals surface area contributed by atoms with Gasteiger partial charge < -0.3 is 9.94 Å². The maximum Gasteiger partial charge on any atom is 0.416 e. The maximum absolute atomic E-state index is 12.8. The molecule has 0 aliphatic heterocycles. The van der Waals surface area contributed by atoms with E-state index in [1.807, 2.05) is 0 Å². The van der Waals surface area contributed by atoms with E-state index < -0.39 is 23.3 Å². The SMILES string of the molecule is CON=C(c1cc(C(=O)O)cc(C(F)(F)F)c1)C1CC1. The van der Waals surface area contributed by atoms with Gasteiger partial charge in [0, 0.05) is 11.5 Å². The zero-order valence-corrected chi connectivity index (χ0v) is 10.6. The second-order valence-corrected chi connectivity index (χ2v) is 4.54. The van der Waals surface area contributed by atoms with Gasteiger partial charge >= 0.3 is 12.1 Å². The number of carboxylic acids is 1. The standard InChI is InChI=1S/C13H12F3NO3/c1-20-17-11(7-2-3-7)8-4-9(12(18)19)6-10(5-8)13(14,15)16/h4-7H,2-3H2,1H3,(H,18,19). The molecule has 0 heterocycles. The van der Waals surface area contributed by atoms with E-state index in [1.165, 1.54) is 13.2 Å². The summed E-state index contributed by atoms with van der Waals surface area (Å²) < 4.78 is 38.4. The number of alkyl halides is 3. The van der Waals surface area contributed by atoms with Crippen LogP contribution < -0.4 is 0 Å². The number of oxime groups is 1. The summed E-state index contributed by atoms with van der Waals surface area (Å²) in [4.78, 5) is 15.6. The van der Waals surface area contributed by atoms with Gasteiger partial charge in [0.2, 0.25) is 0 Å². The summed E-state index contributed by atoms with van der Waals surface area (Å²) in [6.07, 6.45) is -3.00. The molecule has 0 unspecified atom stereocenters. The molecule has 7 heteroatoms. The quantitative estimate of drug-likeness (QED) is 0.683. The van der Waals surface area contributed by atoms with Gasteiger partial charge in [-0.05, 0) is 31.0 Å². The first-order chi connectivity index (χ1) is 9.32. The van der Waals surface area contributed by atoms with E-state index in [0.29, 0.717) is 11.8 Å². The summed E-state index contributed by atoms with van der Waals surface area (Å²) >= 11 is 0. The van der Waals surface area contributed by atoms with Crippen LogP contribution in [0.15, 0.2) is 23.4 Å². The van der Waals surface area contributed by atoms with Crippen molar-refractivity contribution in [2.24, 2.45) is 11.1 Å². The fourth-order valence-corrected chi connectivity index (χ4v) is 1.88. The highest BCUT2D eigenvalue weighted by Gasteiger charge is 2.35. The number of hydrogen-bond acceptors (Lipinski definition) is 3. The molecule has 0 atom stereocenters. The van der Waals surface area contributed by atoms with Crippen LogP contribution in [0.4, 0.5) is 13.2 Å². The topological polar surface area (TPSA) is 58.9 Å². The minimum Gasteiger partial charge on any atom is -0.478 e. The van der Waals surface area contributed by atoms with E-state index in [-0.39, 0.29) is 11.5 Å². The van der Waals surface area contributed by atoms with Crippen molar-refractivity contribution in [3.05, 3.63) is 34.9 Å². The Kier molecular flexibility index (Phi) is 3.69. The van der Waals surface area contributed by atoms with Gasteiger partial charge in [0.15, 0.2) is 0 Å². The summed E-state index contributed by atoms with van der Waals surface area (Å²) in [6, 6.07) is 2.71. The van der Waals surface area contributed by atoms with E-state index in [0.717, 1.165) is 18.9 Å².